The largest absolute Gasteiger partial charge is 0.486 e. The molecule has 0 bridgehead atoms. The first-order valence-corrected chi connectivity index (χ1v) is 11.5. The molecule has 0 aliphatic carbocycles. The second kappa shape index (κ2) is 10.1. The first-order chi connectivity index (χ1) is 16.4. The zero-order valence-corrected chi connectivity index (χ0v) is 20.9. The van der Waals surface area contributed by atoms with Crippen LogP contribution in [0.5, 0.6) is 11.6 Å². The second-order valence-electron chi connectivity index (χ2n) is 7.92. The maximum atomic E-state index is 13.3. The lowest BCUT2D eigenvalue weighted by atomic mass is 10.2. The number of ether oxygens (including phenoxy) is 2. The summed E-state index contributed by atoms with van der Waals surface area (Å²) in [6.07, 6.45) is 3.39. The monoisotopic (exact) mass is 521 g/mol. The molecule has 0 radical (unpaired) electrons. The van der Waals surface area contributed by atoms with Gasteiger partial charge in [-0.25, -0.2) is 15.0 Å². The maximum absolute atomic E-state index is 13.3. The van der Waals surface area contributed by atoms with Gasteiger partial charge in [-0.3, -0.25) is 14.3 Å². The molecule has 4 rings (SSSR count). The highest BCUT2D eigenvalue weighted by Crippen LogP contribution is 2.26. The molecule has 4 aromatic heterocycles. The number of hydrogen-bond acceptors (Lipinski definition) is 7. The molecular formula is C25H24BrN5O3. The molecule has 4 heterocycles. The third-order valence-corrected chi connectivity index (χ3v) is 5.85. The Kier molecular flexibility index (Phi) is 7.02. The molecule has 0 amide bonds. The highest BCUT2D eigenvalue weighted by atomic mass is 79.9. The van der Waals surface area contributed by atoms with Gasteiger partial charge in [0.2, 0.25) is 5.88 Å². The summed E-state index contributed by atoms with van der Waals surface area (Å²) in [5, 5.41) is 0. The first-order valence-electron chi connectivity index (χ1n) is 10.7. The number of hydrogen-bond donors (Lipinski definition) is 0. The highest BCUT2D eigenvalue weighted by molar-refractivity contribution is 9.10. The van der Waals surface area contributed by atoms with E-state index < -0.39 is 0 Å². The van der Waals surface area contributed by atoms with Crippen LogP contribution in [0.1, 0.15) is 37.0 Å². The lowest BCUT2D eigenvalue weighted by Crippen LogP contribution is -2.22. The standard InChI is InChI=1S/C25H24BrN5O3/c1-15(2)24-28-11-9-19(30-24)20-13-18(8-10-27-20)31-16(3)12-21(23(26)25(31)32)34-14-17-6-5-7-22(29-17)33-4/h5-13,15H,14H2,1-4H3. The van der Waals surface area contributed by atoms with Crippen LogP contribution < -0.4 is 15.0 Å². The number of halogens is 1. The fourth-order valence-electron chi connectivity index (χ4n) is 3.40. The minimum atomic E-state index is -0.240. The van der Waals surface area contributed by atoms with Gasteiger partial charge in [-0.15, -0.1) is 0 Å². The first kappa shape index (κ1) is 23.6. The third kappa shape index (κ3) is 4.99. The van der Waals surface area contributed by atoms with Gasteiger partial charge in [0.1, 0.15) is 22.7 Å². The van der Waals surface area contributed by atoms with Crippen molar-refractivity contribution in [3.8, 4) is 28.7 Å². The summed E-state index contributed by atoms with van der Waals surface area (Å²) in [4.78, 5) is 31.0. The summed E-state index contributed by atoms with van der Waals surface area (Å²) in [6, 6.07) is 12.7. The van der Waals surface area contributed by atoms with Crippen molar-refractivity contribution in [3.05, 3.63) is 86.9 Å². The molecule has 0 aromatic carbocycles. The summed E-state index contributed by atoms with van der Waals surface area (Å²) in [6.45, 7) is 6.13. The van der Waals surface area contributed by atoms with Crippen molar-refractivity contribution in [1.82, 2.24) is 24.5 Å². The normalized spacial score (nSPS) is 11.0. The van der Waals surface area contributed by atoms with Crippen LogP contribution in [0.15, 0.2) is 64.1 Å². The number of pyridine rings is 3. The lowest BCUT2D eigenvalue weighted by molar-refractivity contribution is 0.295. The molecule has 34 heavy (non-hydrogen) atoms. The minimum Gasteiger partial charge on any atom is -0.486 e. The average molecular weight is 522 g/mol. The van der Waals surface area contributed by atoms with E-state index in [0.717, 1.165) is 5.82 Å². The number of rotatable bonds is 7. The van der Waals surface area contributed by atoms with Crippen molar-refractivity contribution < 1.29 is 9.47 Å². The van der Waals surface area contributed by atoms with Crippen molar-refractivity contribution in [2.75, 3.05) is 7.11 Å². The molecule has 8 nitrogen and oxygen atoms in total. The van der Waals surface area contributed by atoms with Gasteiger partial charge in [-0.2, -0.15) is 0 Å². The van der Waals surface area contributed by atoms with Gasteiger partial charge in [0.15, 0.2) is 0 Å². The highest BCUT2D eigenvalue weighted by Gasteiger charge is 2.15. The quantitative estimate of drug-likeness (QED) is 0.342. The fourth-order valence-corrected chi connectivity index (χ4v) is 3.81. The van der Waals surface area contributed by atoms with E-state index >= 15 is 0 Å². The smallest absolute Gasteiger partial charge is 0.273 e. The minimum absolute atomic E-state index is 0.198. The SMILES string of the molecule is COc1cccc(COc2cc(C)n(-c3ccnc(-c4ccnc(C(C)C)n4)c3)c(=O)c2Br)n1. The van der Waals surface area contributed by atoms with E-state index in [1.807, 2.05) is 51.1 Å². The molecule has 4 aromatic rings. The van der Waals surface area contributed by atoms with Crippen LogP contribution in [0.3, 0.4) is 0 Å². The fraction of sp³-hybridized carbons (Fsp3) is 0.240. The van der Waals surface area contributed by atoms with E-state index in [-0.39, 0.29) is 18.1 Å². The molecule has 0 unspecified atom stereocenters. The topological polar surface area (TPSA) is 92.0 Å². The van der Waals surface area contributed by atoms with Crippen LogP contribution in [-0.4, -0.2) is 31.6 Å². The maximum Gasteiger partial charge on any atom is 0.273 e. The van der Waals surface area contributed by atoms with Gasteiger partial charge in [-0.1, -0.05) is 19.9 Å². The summed E-state index contributed by atoms with van der Waals surface area (Å²) >= 11 is 3.41. The Labute approximate surface area is 205 Å². The predicted molar refractivity (Wildman–Crippen MR) is 133 cm³/mol. The summed E-state index contributed by atoms with van der Waals surface area (Å²) in [5.74, 6) is 1.89. The van der Waals surface area contributed by atoms with Crippen LogP contribution in [0.4, 0.5) is 0 Å². The van der Waals surface area contributed by atoms with Gasteiger partial charge < -0.3 is 9.47 Å². The predicted octanol–water partition coefficient (Wildman–Crippen LogP) is 4.87. The summed E-state index contributed by atoms with van der Waals surface area (Å²) in [5.41, 5.74) is 3.21. The van der Waals surface area contributed by atoms with Crippen molar-refractivity contribution in [1.29, 1.82) is 0 Å². The number of methoxy groups -OCH3 is 1. The van der Waals surface area contributed by atoms with Crippen LogP contribution in [0, 0.1) is 6.92 Å². The van der Waals surface area contributed by atoms with Gasteiger partial charge >= 0.3 is 0 Å². The van der Waals surface area contributed by atoms with Crippen LogP contribution in [-0.2, 0) is 6.61 Å². The molecule has 0 saturated carbocycles. The Hall–Kier alpha value is -3.59. The van der Waals surface area contributed by atoms with Gasteiger partial charge in [0.05, 0.1) is 29.9 Å². The van der Waals surface area contributed by atoms with Crippen molar-refractivity contribution >= 4 is 15.9 Å². The van der Waals surface area contributed by atoms with Crippen molar-refractivity contribution in [2.24, 2.45) is 0 Å². The van der Waals surface area contributed by atoms with E-state index in [2.05, 4.69) is 35.9 Å². The molecular weight excluding hydrogens is 498 g/mol. The molecule has 0 aliphatic heterocycles. The zero-order valence-electron chi connectivity index (χ0n) is 19.3. The Morgan fingerprint density at radius 3 is 2.59 bits per heavy atom. The molecule has 9 heteroatoms. The van der Waals surface area contributed by atoms with E-state index in [1.54, 1.807) is 36.2 Å². The van der Waals surface area contributed by atoms with Gasteiger partial charge in [-0.05, 0) is 47.1 Å². The molecule has 0 atom stereocenters. The Bertz CT molecular complexity index is 1390. The number of nitrogens with zero attached hydrogens (tertiary/aromatic N) is 5. The molecule has 0 aliphatic rings. The van der Waals surface area contributed by atoms with E-state index in [4.69, 9.17) is 9.47 Å². The zero-order chi connectivity index (χ0) is 24.2. The molecule has 0 N–H and O–H groups in total. The Morgan fingerprint density at radius 2 is 1.82 bits per heavy atom. The van der Waals surface area contributed by atoms with E-state index in [9.17, 15) is 4.79 Å². The molecule has 0 saturated heterocycles. The summed E-state index contributed by atoms with van der Waals surface area (Å²) < 4.78 is 13.0. The van der Waals surface area contributed by atoms with Crippen LogP contribution >= 0.6 is 15.9 Å². The van der Waals surface area contributed by atoms with E-state index in [1.165, 1.54) is 0 Å². The van der Waals surface area contributed by atoms with Crippen molar-refractivity contribution in [2.45, 2.75) is 33.3 Å². The third-order valence-electron chi connectivity index (χ3n) is 5.12. The van der Waals surface area contributed by atoms with Gasteiger partial charge in [0, 0.05) is 36.1 Å². The van der Waals surface area contributed by atoms with Gasteiger partial charge in [0.25, 0.3) is 5.56 Å². The summed E-state index contributed by atoms with van der Waals surface area (Å²) in [7, 11) is 1.56. The molecule has 174 valence electrons. The number of aryl methyl sites for hydroxylation is 1. The Morgan fingerprint density at radius 1 is 1.03 bits per heavy atom. The van der Waals surface area contributed by atoms with Crippen LogP contribution in [0.2, 0.25) is 0 Å². The van der Waals surface area contributed by atoms with Crippen LogP contribution in [0.25, 0.3) is 17.1 Å². The average Bonchev–Trinajstić information content (AvgIpc) is 2.86. The molecule has 0 fully saturated rings. The van der Waals surface area contributed by atoms with Crippen molar-refractivity contribution in [3.63, 3.8) is 0 Å². The Balaban J connectivity index is 1.65. The van der Waals surface area contributed by atoms with E-state index in [0.29, 0.717) is 44.6 Å². The molecule has 0 spiro atoms. The lowest BCUT2D eigenvalue weighted by Gasteiger charge is -2.15. The number of aromatic nitrogens is 5. The second-order valence-corrected chi connectivity index (χ2v) is 8.71.